The Balaban J connectivity index is 0.000000671. The highest BCUT2D eigenvalue weighted by Gasteiger charge is 1.98. The maximum Gasteiger partial charge on any atom is 0.118 e. The molecule has 0 aliphatic rings. The van der Waals surface area contributed by atoms with Gasteiger partial charge in [0.25, 0.3) is 0 Å². The quantitative estimate of drug-likeness (QED) is 0.736. The van der Waals surface area contributed by atoms with Crippen molar-refractivity contribution >= 4 is 0 Å². The first-order chi connectivity index (χ1) is 6.24. The number of rotatable bonds is 2. The van der Waals surface area contributed by atoms with Crippen LogP contribution in [0, 0.1) is 6.92 Å². The molecule has 0 spiro atoms. The third kappa shape index (κ3) is 3.97. The van der Waals surface area contributed by atoms with E-state index in [1.807, 2.05) is 32.9 Å². The summed E-state index contributed by atoms with van der Waals surface area (Å²) in [7, 11) is 0. The summed E-state index contributed by atoms with van der Waals surface area (Å²) in [5, 5.41) is 9.37. The highest BCUT2D eigenvalue weighted by atomic mass is 16.3. The number of hydrogen-bond donors (Lipinski definition) is 1. The number of aryl methyl sites for hydroxylation is 2. The molecule has 0 heterocycles. The van der Waals surface area contributed by atoms with Gasteiger partial charge in [-0.05, 0) is 25.0 Å². The van der Waals surface area contributed by atoms with E-state index in [-0.39, 0.29) is 0 Å². The van der Waals surface area contributed by atoms with Crippen LogP contribution < -0.4 is 0 Å². The second kappa shape index (κ2) is 6.53. The Kier molecular flexibility index (Phi) is 6.03. The molecule has 0 saturated heterocycles. The van der Waals surface area contributed by atoms with E-state index in [1.54, 1.807) is 6.07 Å². The fourth-order valence-electron chi connectivity index (χ4n) is 1.18. The zero-order valence-corrected chi connectivity index (χ0v) is 9.09. The van der Waals surface area contributed by atoms with E-state index in [0.29, 0.717) is 5.75 Å². The lowest BCUT2D eigenvalue weighted by molar-refractivity contribution is 0.467. The fraction of sp³-hybridized carbons (Fsp3) is 0.500. The molecular formula is C12H20O. The largest absolute Gasteiger partial charge is 0.508 e. The van der Waals surface area contributed by atoms with E-state index in [2.05, 4.69) is 6.92 Å². The molecule has 0 unspecified atom stereocenters. The maximum absolute atomic E-state index is 9.37. The van der Waals surface area contributed by atoms with Gasteiger partial charge in [0.1, 0.15) is 5.75 Å². The number of aromatic hydroxyl groups is 1. The molecule has 0 amide bonds. The van der Waals surface area contributed by atoms with Crippen LogP contribution in [0.2, 0.25) is 0 Å². The highest BCUT2D eigenvalue weighted by molar-refractivity contribution is 5.35. The molecule has 0 saturated carbocycles. The smallest absolute Gasteiger partial charge is 0.118 e. The zero-order chi connectivity index (χ0) is 10.3. The van der Waals surface area contributed by atoms with Crippen LogP contribution in [-0.4, -0.2) is 5.11 Å². The van der Waals surface area contributed by atoms with E-state index in [0.717, 1.165) is 18.4 Å². The molecule has 0 radical (unpaired) electrons. The van der Waals surface area contributed by atoms with Crippen LogP contribution in [0.1, 0.15) is 38.3 Å². The zero-order valence-electron chi connectivity index (χ0n) is 9.09. The van der Waals surface area contributed by atoms with Gasteiger partial charge in [0.05, 0.1) is 0 Å². The minimum atomic E-state index is 0.428. The predicted octanol–water partition coefficient (Wildman–Crippen LogP) is 3.68. The molecule has 1 nitrogen and oxygen atoms in total. The topological polar surface area (TPSA) is 20.2 Å². The van der Waals surface area contributed by atoms with Crippen molar-refractivity contribution in [3.63, 3.8) is 0 Å². The lowest BCUT2D eigenvalue weighted by atomic mass is 10.1. The molecule has 0 bridgehead atoms. The average molecular weight is 180 g/mol. The monoisotopic (exact) mass is 180 g/mol. The normalized spacial score (nSPS) is 8.92. The third-order valence-electron chi connectivity index (χ3n) is 1.75. The lowest BCUT2D eigenvalue weighted by Gasteiger charge is -2.02. The van der Waals surface area contributed by atoms with Gasteiger partial charge in [0.15, 0.2) is 0 Å². The van der Waals surface area contributed by atoms with E-state index in [9.17, 15) is 5.11 Å². The van der Waals surface area contributed by atoms with Gasteiger partial charge in [-0.2, -0.15) is 0 Å². The molecule has 0 aliphatic carbocycles. The van der Waals surface area contributed by atoms with Gasteiger partial charge in [0, 0.05) is 0 Å². The minimum Gasteiger partial charge on any atom is -0.508 e. The predicted molar refractivity (Wildman–Crippen MR) is 58.2 cm³/mol. The van der Waals surface area contributed by atoms with Gasteiger partial charge in [0.2, 0.25) is 0 Å². The van der Waals surface area contributed by atoms with Gasteiger partial charge in [-0.25, -0.2) is 0 Å². The molecular weight excluding hydrogens is 160 g/mol. The Hall–Kier alpha value is -0.980. The number of benzene rings is 1. The summed E-state index contributed by atoms with van der Waals surface area (Å²) in [5.74, 6) is 0.428. The molecule has 0 fully saturated rings. The average Bonchev–Trinajstić information content (AvgIpc) is 2.15. The SMILES string of the molecule is CC.CCCc1cc(C)ccc1O. The summed E-state index contributed by atoms with van der Waals surface area (Å²) in [6.07, 6.45) is 2.05. The molecule has 1 aromatic carbocycles. The summed E-state index contributed by atoms with van der Waals surface area (Å²) in [6.45, 7) is 8.15. The van der Waals surface area contributed by atoms with Crippen molar-refractivity contribution in [2.24, 2.45) is 0 Å². The highest BCUT2D eigenvalue weighted by Crippen LogP contribution is 2.19. The summed E-state index contributed by atoms with van der Waals surface area (Å²) < 4.78 is 0. The lowest BCUT2D eigenvalue weighted by Crippen LogP contribution is -1.84. The first kappa shape index (κ1) is 12.0. The van der Waals surface area contributed by atoms with Crippen molar-refractivity contribution in [2.45, 2.75) is 40.5 Å². The fourth-order valence-corrected chi connectivity index (χ4v) is 1.18. The molecule has 0 aliphatic heterocycles. The Morgan fingerprint density at radius 2 is 1.85 bits per heavy atom. The van der Waals surface area contributed by atoms with Crippen LogP contribution >= 0.6 is 0 Å². The van der Waals surface area contributed by atoms with Gasteiger partial charge >= 0.3 is 0 Å². The molecule has 1 aromatic rings. The molecule has 1 N–H and O–H groups in total. The van der Waals surface area contributed by atoms with Crippen molar-refractivity contribution in [3.05, 3.63) is 29.3 Å². The number of phenols is 1. The first-order valence-electron chi connectivity index (χ1n) is 5.02. The third-order valence-corrected chi connectivity index (χ3v) is 1.75. The van der Waals surface area contributed by atoms with Crippen molar-refractivity contribution in [3.8, 4) is 5.75 Å². The first-order valence-corrected chi connectivity index (χ1v) is 5.02. The van der Waals surface area contributed by atoms with E-state index in [4.69, 9.17) is 0 Å². The van der Waals surface area contributed by atoms with Crippen LogP contribution in [0.3, 0.4) is 0 Å². The standard InChI is InChI=1S/C10H14O.C2H6/c1-3-4-9-7-8(2)5-6-10(9)11;1-2/h5-7,11H,3-4H2,1-2H3;1-2H3. The van der Waals surface area contributed by atoms with Gasteiger partial charge in [-0.15, -0.1) is 0 Å². The van der Waals surface area contributed by atoms with E-state index < -0.39 is 0 Å². The molecule has 13 heavy (non-hydrogen) atoms. The number of phenolic OH excluding ortho intramolecular Hbond substituents is 1. The molecule has 1 heteroatoms. The Bertz CT molecular complexity index is 241. The second-order valence-electron chi connectivity index (χ2n) is 2.88. The van der Waals surface area contributed by atoms with Crippen LogP contribution in [0.15, 0.2) is 18.2 Å². The molecule has 0 aromatic heterocycles. The van der Waals surface area contributed by atoms with Crippen LogP contribution in [0.4, 0.5) is 0 Å². The second-order valence-corrected chi connectivity index (χ2v) is 2.88. The Morgan fingerprint density at radius 3 is 2.38 bits per heavy atom. The van der Waals surface area contributed by atoms with Gasteiger partial charge in [-0.3, -0.25) is 0 Å². The van der Waals surface area contributed by atoms with Crippen LogP contribution in [-0.2, 0) is 6.42 Å². The summed E-state index contributed by atoms with van der Waals surface area (Å²) >= 11 is 0. The maximum atomic E-state index is 9.37. The van der Waals surface area contributed by atoms with Gasteiger partial charge < -0.3 is 5.11 Å². The Labute approximate surface area is 81.4 Å². The van der Waals surface area contributed by atoms with Crippen molar-refractivity contribution in [1.29, 1.82) is 0 Å². The van der Waals surface area contributed by atoms with Crippen molar-refractivity contribution < 1.29 is 5.11 Å². The van der Waals surface area contributed by atoms with E-state index >= 15 is 0 Å². The summed E-state index contributed by atoms with van der Waals surface area (Å²) in [6, 6.07) is 5.73. The Morgan fingerprint density at radius 1 is 1.23 bits per heavy atom. The number of hydrogen-bond acceptors (Lipinski definition) is 1. The van der Waals surface area contributed by atoms with E-state index in [1.165, 1.54) is 5.56 Å². The van der Waals surface area contributed by atoms with Crippen LogP contribution in [0.25, 0.3) is 0 Å². The summed E-state index contributed by atoms with van der Waals surface area (Å²) in [5.41, 5.74) is 2.28. The van der Waals surface area contributed by atoms with Crippen molar-refractivity contribution in [1.82, 2.24) is 0 Å². The molecule has 1 rings (SSSR count). The molecule has 74 valence electrons. The minimum absolute atomic E-state index is 0.428. The molecule has 0 atom stereocenters. The van der Waals surface area contributed by atoms with Gasteiger partial charge in [-0.1, -0.05) is 44.9 Å². The van der Waals surface area contributed by atoms with Crippen LogP contribution in [0.5, 0.6) is 5.75 Å². The summed E-state index contributed by atoms with van der Waals surface area (Å²) in [4.78, 5) is 0. The van der Waals surface area contributed by atoms with Crippen molar-refractivity contribution in [2.75, 3.05) is 0 Å².